The van der Waals surface area contributed by atoms with Crippen molar-refractivity contribution in [3.05, 3.63) is 39.8 Å². The van der Waals surface area contributed by atoms with E-state index in [1.54, 1.807) is 0 Å². The number of aromatic nitrogens is 2. The maximum absolute atomic E-state index is 13.3. The molecule has 0 aliphatic carbocycles. The SMILES string of the molecule is Nc1cc(Br)c(F)cc1Oc1ncc(Cl)cn1. The number of anilines is 1. The van der Waals surface area contributed by atoms with Gasteiger partial charge >= 0.3 is 6.01 Å². The Morgan fingerprint density at radius 3 is 2.59 bits per heavy atom. The van der Waals surface area contributed by atoms with Crippen LogP contribution in [0.3, 0.4) is 0 Å². The van der Waals surface area contributed by atoms with Crippen molar-refractivity contribution in [1.82, 2.24) is 9.97 Å². The summed E-state index contributed by atoms with van der Waals surface area (Å²) in [6.07, 6.45) is 2.74. The van der Waals surface area contributed by atoms with Crippen LogP contribution in [0.4, 0.5) is 10.1 Å². The molecule has 1 aromatic heterocycles. The van der Waals surface area contributed by atoms with Gasteiger partial charge in [0.05, 0.1) is 27.6 Å². The second-order valence-electron chi connectivity index (χ2n) is 3.09. The van der Waals surface area contributed by atoms with Crippen LogP contribution >= 0.6 is 27.5 Å². The normalized spacial score (nSPS) is 10.3. The Hall–Kier alpha value is -1.40. The van der Waals surface area contributed by atoms with Crippen LogP contribution < -0.4 is 10.5 Å². The molecule has 2 rings (SSSR count). The predicted octanol–water partition coefficient (Wildman–Crippen LogP) is 3.41. The van der Waals surface area contributed by atoms with E-state index in [2.05, 4.69) is 25.9 Å². The lowest BCUT2D eigenvalue weighted by atomic mass is 10.3. The molecule has 0 amide bonds. The van der Waals surface area contributed by atoms with Gasteiger partial charge in [-0.1, -0.05) is 11.6 Å². The number of hydrogen-bond acceptors (Lipinski definition) is 4. The van der Waals surface area contributed by atoms with E-state index in [9.17, 15) is 4.39 Å². The van der Waals surface area contributed by atoms with Crippen LogP contribution in [0.2, 0.25) is 5.02 Å². The molecule has 0 aliphatic heterocycles. The van der Waals surface area contributed by atoms with Gasteiger partial charge in [-0.05, 0) is 22.0 Å². The van der Waals surface area contributed by atoms with Gasteiger partial charge in [-0.15, -0.1) is 0 Å². The minimum atomic E-state index is -0.483. The van der Waals surface area contributed by atoms with Gasteiger partial charge in [-0.2, -0.15) is 0 Å². The molecule has 0 fully saturated rings. The first-order valence-electron chi connectivity index (χ1n) is 4.46. The summed E-state index contributed by atoms with van der Waals surface area (Å²) in [5.74, 6) is -0.337. The highest BCUT2D eigenvalue weighted by atomic mass is 79.9. The van der Waals surface area contributed by atoms with Crippen LogP contribution in [0, 0.1) is 5.82 Å². The molecule has 0 saturated heterocycles. The van der Waals surface area contributed by atoms with E-state index < -0.39 is 5.82 Å². The van der Waals surface area contributed by atoms with Gasteiger partial charge in [0.25, 0.3) is 0 Å². The van der Waals surface area contributed by atoms with Crippen molar-refractivity contribution in [2.24, 2.45) is 0 Å². The maximum Gasteiger partial charge on any atom is 0.322 e. The molecule has 0 spiro atoms. The molecule has 0 bridgehead atoms. The smallest absolute Gasteiger partial charge is 0.322 e. The zero-order valence-electron chi connectivity index (χ0n) is 8.32. The van der Waals surface area contributed by atoms with E-state index in [4.69, 9.17) is 22.1 Å². The van der Waals surface area contributed by atoms with Gasteiger partial charge in [0.15, 0.2) is 5.75 Å². The summed E-state index contributed by atoms with van der Waals surface area (Å²) >= 11 is 8.64. The fourth-order valence-electron chi connectivity index (χ4n) is 1.08. The highest BCUT2D eigenvalue weighted by Crippen LogP contribution is 2.30. The number of halogens is 3. The van der Waals surface area contributed by atoms with Crippen LogP contribution in [0.15, 0.2) is 29.0 Å². The zero-order chi connectivity index (χ0) is 12.4. The van der Waals surface area contributed by atoms with E-state index in [-0.39, 0.29) is 21.9 Å². The Morgan fingerprint density at radius 1 is 1.29 bits per heavy atom. The molecule has 4 nitrogen and oxygen atoms in total. The largest absolute Gasteiger partial charge is 0.422 e. The summed E-state index contributed by atoms with van der Waals surface area (Å²) in [6.45, 7) is 0. The molecule has 88 valence electrons. The summed E-state index contributed by atoms with van der Waals surface area (Å²) in [5, 5.41) is 0.382. The average Bonchev–Trinajstić information content (AvgIpc) is 2.29. The summed E-state index contributed by atoms with van der Waals surface area (Å²) in [5.41, 5.74) is 5.94. The minimum absolute atomic E-state index is 0.0443. The van der Waals surface area contributed by atoms with Gasteiger partial charge in [-0.3, -0.25) is 0 Å². The summed E-state index contributed by atoms with van der Waals surface area (Å²) in [4.78, 5) is 7.62. The fraction of sp³-hybridized carbons (Fsp3) is 0. The quantitative estimate of drug-likeness (QED) is 0.862. The van der Waals surface area contributed by atoms with Crippen LogP contribution in [-0.4, -0.2) is 9.97 Å². The third-order valence-corrected chi connectivity index (χ3v) is 2.65. The van der Waals surface area contributed by atoms with E-state index in [1.807, 2.05) is 0 Å². The predicted molar refractivity (Wildman–Crippen MR) is 65.6 cm³/mol. The minimum Gasteiger partial charge on any atom is -0.422 e. The van der Waals surface area contributed by atoms with Crippen molar-refractivity contribution in [1.29, 1.82) is 0 Å². The van der Waals surface area contributed by atoms with E-state index in [0.29, 0.717) is 5.02 Å². The molecule has 1 heterocycles. The lowest BCUT2D eigenvalue weighted by Crippen LogP contribution is -1.96. The molecule has 0 atom stereocenters. The van der Waals surface area contributed by atoms with E-state index in [0.717, 1.165) is 6.07 Å². The molecule has 7 heteroatoms. The standard InChI is InChI=1S/C10H6BrClFN3O/c11-6-1-8(14)9(2-7(6)13)17-10-15-3-5(12)4-16-10/h1-4H,14H2. The molecule has 17 heavy (non-hydrogen) atoms. The van der Waals surface area contributed by atoms with Crippen molar-refractivity contribution in [2.75, 3.05) is 5.73 Å². The van der Waals surface area contributed by atoms with Gasteiger partial charge in [0.2, 0.25) is 0 Å². The maximum atomic E-state index is 13.3. The monoisotopic (exact) mass is 317 g/mol. The van der Waals surface area contributed by atoms with Gasteiger partial charge in [0, 0.05) is 6.07 Å². The highest BCUT2D eigenvalue weighted by molar-refractivity contribution is 9.10. The van der Waals surface area contributed by atoms with Crippen LogP contribution in [0.1, 0.15) is 0 Å². The Balaban J connectivity index is 2.30. The molecule has 0 aliphatic rings. The van der Waals surface area contributed by atoms with E-state index >= 15 is 0 Å². The topological polar surface area (TPSA) is 61.0 Å². The lowest BCUT2D eigenvalue weighted by molar-refractivity contribution is 0.439. The Kier molecular flexibility index (Phi) is 3.44. The molecule has 2 aromatic rings. The van der Waals surface area contributed by atoms with Crippen molar-refractivity contribution in [3.63, 3.8) is 0 Å². The molecule has 1 aromatic carbocycles. The number of nitrogens with two attached hydrogens (primary N) is 1. The second-order valence-corrected chi connectivity index (χ2v) is 4.38. The number of nitrogen functional groups attached to an aromatic ring is 1. The molecular weight excluding hydrogens is 312 g/mol. The zero-order valence-corrected chi connectivity index (χ0v) is 10.7. The Bertz CT molecular complexity index is 550. The number of benzene rings is 1. The highest BCUT2D eigenvalue weighted by Gasteiger charge is 2.09. The summed E-state index contributed by atoms with van der Waals surface area (Å²) in [6, 6.07) is 2.60. The third-order valence-electron chi connectivity index (χ3n) is 1.85. The average molecular weight is 319 g/mol. The molecule has 0 saturated carbocycles. The summed E-state index contributed by atoms with van der Waals surface area (Å²) < 4.78 is 18.8. The van der Waals surface area contributed by atoms with E-state index in [1.165, 1.54) is 18.5 Å². The molecule has 0 radical (unpaired) electrons. The molecule has 2 N–H and O–H groups in total. The van der Waals surface area contributed by atoms with Crippen LogP contribution in [-0.2, 0) is 0 Å². The first kappa shape index (κ1) is 12.1. The van der Waals surface area contributed by atoms with Gasteiger partial charge in [-0.25, -0.2) is 14.4 Å². The van der Waals surface area contributed by atoms with Crippen molar-refractivity contribution >= 4 is 33.2 Å². The first-order chi connectivity index (χ1) is 8.06. The Morgan fingerprint density at radius 2 is 1.94 bits per heavy atom. The number of nitrogens with zero attached hydrogens (tertiary/aromatic N) is 2. The summed E-state index contributed by atoms with van der Waals surface area (Å²) in [7, 11) is 0. The molecular formula is C10H6BrClFN3O. The number of rotatable bonds is 2. The van der Waals surface area contributed by atoms with Crippen molar-refractivity contribution in [2.45, 2.75) is 0 Å². The van der Waals surface area contributed by atoms with Gasteiger partial charge < -0.3 is 10.5 Å². The van der Waals surface area contributed by atoms with Crippen LogP contribution in [0.5, 0.6) is 11.8 Å². The first-order valence-corrected chi connectivity index (χ1v) is 5.63. The fourth-order valence-corrected chi connectivity index (χ4v) is 1.54. The molecule has 0 unspecified atom stereocenters. The number of hydrogen-bond donors (Lipinski definition) is 1. The van der Waals surface area contributed by atoms with Crippen molar-refractivity contribution < 1.29 is 9.13 Å². The van der Waals surface area contributed by atoms with Crippen LogP contribution in [0.25, 0.3) is 0 Å². The second kappa shape index (κ2) is 4.85. The lowest BCUT2D eigenvalue weighted by Gasteiger charge is -2.07. The Labute approximate surface area is 110 Å². The number of ether oxygens (including phenoxy) is 1. The van der Waals surface area contributed by atoms with Crippen molar-refractivity contribution in [3.8, 4) is 11.8 Å². The van der Waals surface area contributed by atoms with Gasteiger partial charge in [0.1, 0.15) is 5.82 Å². The third kappa shape index (κ3) is 2.83.